The number of nitrogens with one attached hydrogen (secondary N) is 1. The fourth-order valence-electron chi connectivity index (χ4n) is 2.76. The number of amides is 1. The van der Waals surface area contributed by atoms with Crippen LogP contribution in [0.2, 0.25) is 0 Å². The van der Waals surface area contributed by atoms with Gasteiger partial charge in [-0.2, -0.15) is 0 Å². The van der Waals surface area contributed by atoms with Crippen molar-refractivity contribution in [1.29, 1.82) is 0 Å². The molecule has 3 heteroatoms. The van der Waals surface area contributed by atoms with Gasteiger partial charge in [-0.25, -0.2) is 0 Å². The number of carbonyl (C=O) groups is 1. The summed E-state index contributed by atoms with van der Waals surface area (Å²) in [7, 11) is 0. The van der Waals surface area contributed by atoms with Gasteiger partial charge >= 0.3 is 0 Å². The van der Waals surface area contributed by atoms with E-state index in [0.717, 1.165) is 18.9 Å². The lowest BCUT2D eigenvalue weighted by molar-refractivity contribution is -0.127. The first kappa shape index (κ1) is 12.4. The second kappa shape index (κ2) is 4.67. The fourth-order valence-corrected chi connectivity index (χ4v) is 3.45. The molecule has 2 unspecified atom stereocenters. The van der Waals surface area contributed by atoms with E-state index in [9.17, 15) is 4.79 Å². The van der Waals surface area contributed by atoms with Crippen molar-refractivity contribution in [2.45, 2.75) is 50.8 Å². The van der Waals surface area contributed by atoms with Gasteiger partial charge in [0.25, 0.3) is 0 Å². The van der Waals surface area contributed by atoms with Gasteiger partial charge in [-0.05, 0) is 37.0 Å². The summed E-state index contributed by atoms with van der Waals surface area (Å²) >= 11 is 3.66. The summed E-state index contributed by atoms with van der Waals surface area (Å²) in [6.07, 6.45) is 6.09. The molecule has 1 N–H and O–H groups in total. The topological polar surface area (TPSA) is 29.1 Å². The summed E-state index contributed by atoms with van der Waals surface area (Å²) in [5.41, 5.74) is 0.200. The van der Waals surface area contributed by atoms with E-state index in [0.29, 0.717) is 4.83 Å². The third-order valence-electron chi connectivity index (χ3n) is 4.18. The Bertz CT molecular complexity index is 273. The molecule has 1 amide bonds. The Morgan fingerprint density at radius 1 is 1.44 bits per heavy atom. The van der Waals surface area contributed by atoms with E-state index in [-0.39, 0.29) is 17.2 Å². The van der Waals surface area contributed by atoms with Gasteiger partial charge in [-0.3, -0.25) is 4.79 Å². The Morgan fingerprint density at radius 2 is 2.12 bits per heavy atom. The van der Waals surface area contributed by atoms with Crippen LogP contribution in [0.3, 0.4) is 0 Å². The molecular weight excluding hydrogens is 266 g/mol. The van der Waals surface area contributed by atoms with Crippen LogP contribution in [0.5, 0.6) is 0 Å². The van der Waals surface area contributed by atoms with Gasteiger partial charge in [-0.15, -0.1) is 0 Å². The highest BCUT2D eigenvalue weighted by molar-refractivity contribution is 9.09. The zero-order valence-electron chi connectivity index (χ0n) is 10.3. The van der Waals surface area contributed by atoms with Gasteiger partial charge in [0.15, 0.2) is 0 Å². The van der Waals surface area contributed by atoms with Crippen molar-refractivity contribution in [1.82, 2.24) is 5.32 Å². The highest BCUT2D eigenvalue weighted by Crippen LogP contribution is 2.42. The molecule has 16 heavy (non-hydrogen) atoms. The van der Waals surface area contributed by atoms with E-state index >= 15 is 0 Å². The smallest absolute Gasteiger partial charge is 0.223 e. The second-order valence-corrected chi connectivity index (χ2v) is 7.21. The zero-order chi connectivity index (χ0) is 11.8. The summed E-state index contributed by atoms with van der Waals surface area (Å²) in [6.45, 7) is 5.24. The maximum Gasteiger partial charge on any atom is 0.223 e. The number of carbonyl (C=O) groups excluding carboxylic acids is 1. The number of alkyl halides is 1. The van der Waals surface area contributed by atoms with Crippen molar-refractivity contribution in [3.8, 4) is 0 Å². The summed E-state index contributed by atoms with van der Waals surface area (Å²) in [5, 5.41) is 3.12. The summed E-state index contributed by atoms with van der Waals surface area (Å²) in [6, 6.07) is 0. The molecule has 2 fully saturated rings. The molecule has 2 aliphatic carbocycles. The van der Waals surface area contributed by atoms with Crippen molar-refractivity contribution in [2.75, 3.05) is 6.54 Å². The van der Waals surface area contributed by atoms with Crippen molar-refractivity contribution < 1.29 is 4.79 Å². The predicted octanol–water partition coefficient (Wildman–Crippen LogP) is 3.10. The Kier molecular flexibility index (Phi) is 3.62. The average molecular weight is 288 g/mol. The zero-order valence-corrected chi connectivity index (χ0v) is 11.8. The van der Waals surface area contributed by atoms with Gasteiger partial charge in [0, 0.05) is 17.3 Å². The Morgan fingerprint density at radius 3 is 2.62 bits per heavy atom. The van der Waals surface area contributed by atoms with Gasteiger partial charge < -0.3 is 5.32 Å². The first-order valence-corrected chi connectivity index (χ1v) is 7.34. The predicted molar refractivity (Wildman–Crippen MR) is 69.6 cm³/mol. The van der Waals surface area contributed by atoms with E-state index in [1.54, 1.807) is 0 Å². The number of hydrogen-bond acceptors (Lipinski definition) is 1. The molecule has 2 atom stereocenters. The lowest BCUT2D eigenvalue weighted by atomic mass is 9.81. The van der Waals surface area contributed by atoms with Crippen molar-refractivity contribution in [3.63, 3.8) is 0 Å². The highest BCUT2D eigenvalue weighted by Gasteiger charge is 2.39. The molecule has 0 aliphatic heterocycles. The van der Waals surface area contributed by atoms with Crippen LogP contribution >= 0.6 is 15.9 Å². The molecule has 2 saturated carbocycles. The molecular formula is C13H22BrNO. The van der Waals surface area contributed by atoms with Crippen LogP contribution in [0, 0.1) is 17.3 Å². The first-order chi connectivity index (χ1) is 7.50. The van der Waals surface area contributed by atoms with Crippen molar-refractivity contribution in [3.05, 3.63) is 0 Å². The molecule has 0 saturated heterocycles. The molecule has 0 spiro atoms. The lowest BCUT2D eigenvalue weighted by Gasteiger charge is -2.26. The normalized spacial score (nSPS) is 30.1. The largest absolute Gasteiger partial charge is 0.355 e. The SMILES string of the molecule is CC1(C)CCCC1C(=O)NCC(Br)C1CC1. The van der Waals surface area contributed by atoms with Gasteiger partial charge in [-0.1, -0.05) is 36.2 Å². The molecule has 2 rings (SSSR count). The monoisotopic (exact) mass is 287 g/mol. The summed E-state index contributed by atoms with van der Waals surface area (Å²) < 4.78 is 0. The van der Waals surface area contributed by atoms with Gasteiger partial charge in [0.1, 0.15) is 0 Å². The minimum absolute atomic E-state index is 0.200. The van der Waals surface area contributed by atoms with Gasteiger partial charge in [0.05, 0.1) is 0 Å². The van der Waals surface area contributed by atoms with E-state index in [1.807, 2.05) is 0 Å². The average Bonchev–Trinajstić information content (AvgIpc) is 2.99. The minimum Gasteiger partial charge on any atom is -0.355 e. The van der Waals surface area contributed by atoms with Crippen LogP contribution in [-0.2, 0) is 4.79 Å². The Hall–Kier alpha value is -0.0500. The number of halogens is 1. The lowest BCUT2D eigenvalue weighted by Crippen LogP contribution is -2.39. The molecule has 2 aliphatic rings. The van der Waals surface area contributed by atoms with Crippen LogP contribution in [0.15, 0.2) is 0 Å². The summed E-state index contributed by atoms with van der Waals surface area (Å²) in [5.74, 6) is 1.30. The van der Waals surface area contributed by atoms with Crippen molar-refractivity contribution in [2.24, 2.45) is 17.3 Å². The van der Waals surface area contributed by atoms with Crippen LogP contribution in [0.4, 0.5) is 0 Å². The van der Waals surface area contributed by atoms with E-state index in [1.165, 1.54) is 25.7 Å². The minimum atomic E-state index is 0.200. The third kappa shape index (κ3) is 2.79. The highest BCUT2D eigenvalue weighted by atomic mass is 79.9. The van der Waals surface area contributed by atoms with Gasteiger partial charge in [0.2, 0.25) is 5.91 Å². The molecule has 0 aromatic carbocycles. The van der Waals surface area contributed by atoms with Crippen LogP contribution < -0.4 is 5.32 Å². The Labute approximate surface area is 107 Å². The number of hydrogen-bond donors (Lipinski definition) is 1. The van der Waals surface area contributed by atoms with E-state index in [2.05, 4.69) is 35.1 Å². The molecule has 92 valence electrons. The first-order valence-electron chi connectivity index (χ1n) is 6.42. The fraction of sp³-hybridized carbons (Fsp3) is 0.923. The van der Waals surface area contributed by atoms with Crippen LogP contribution in [-0.4, -0.2) is 17.3 Å². The maximum atomic E-state index is 12.1. The number of rotatable bonds is 4. The standard InChI is InChI=1S/C13H22BrNO/c1-13(2)7-3-4-10(13)12(16)15-8-11(14)9-5-6-9/h9-11H,3-8H2,1-2H3,(H,15,16). The van der Waals surface area contributed by atoms with Crippen LogP contribution in [0.1, 0.15) is 46.0 Å². The van der Waals surface area contributed by atoms with E-state index < -0.39 is 0 Å². The molecule has 0 bridgehead atoms. The molecule has 0 aromatic rings. The summed E-state index contributed by atoms with van der Waals surface area (Å²) in [4.78, 5) is 12.6. The molecule has 2 nitrogen and oxygen atoms in total. The maximum absolute atomic E-state index is 12.1. The molecule has 0 aromatic heterocycles. The van der Waals surface area contributed by atoms with E-state index in [4.69, 9.17) is 0 Å². The second-order valence-electron chi connectivity index (χ2n) is 6.03. The quantitative estimate of drug-likeness (QED) is 0.791. The van der Waals surface area contributed by atoms with Crippen LogP contribution in [0.25, 0.3) is 0 Å². The molecule has 0 radical (unpaired) electrons. The van der Waals surface area contributed by atoms with Crippen molar-refractivity contribution >= 4 is 21.8 Å². The Balaban J connectivity index is 1.78. The molecule has 0 heterocycles. The third-order valence-corrected chi connectivity index (χ3v) is 5.25.